The number of H-pyrrole nitrogens is 1. The molecule has 0 aliphatic heterocycles. The lowest BCUT2D eigenvalue weighted by molar-refractivity contribution is 0.415. The summed E-state index contributed by atoms with van der Waals surface area (Å²) < 4.78 is 5.21. The molecule has 0 unspecified atom stereocenters. The van der Waals surface area contributed by atoms with Crippen molar-refractivity contribution in [1.29, 1.82) is 5.26 Å². The molecule has 5 heteroatoms. The average molecular weight is 340 g/mol. The van der Waals surface area contributed by atoms with Gasteiger partial charge in [-0.1, -0.05) is 30.3 Å². The molecule has 2 aromatic carbocycles. The quantitative estimate of drug-likeness (QED) is 0.580. The van der Waals surface area contributed by atoms with Gasteiger partial charge >= 0.3 is 0 Å². The molecular weight excluding hydrogens is 324 g/mol. The number of hydrogen-bond donors (Lipinski definition) is 2. The van der Waals surface area contributed by atoms with Crippen molar-refractivity contribution < 1.29 is 4.74 Å². The van der Waals surface area contributed by atoms with E-state index in [0.717, 1.165) is 39.0 Å². The number of para-hydroxylation sites is 1. The Morgan fingerprint density at radius 1 is 1.08 bits per heavy atom. The Labute approximate surface area is 150 Å². The Kier molecular flexibility index (Phi) is 3.79. The van der Waals surface area contributed by atoms with Gasteiger partial charge in [-0.15, -0.1) is 0 Å². The summed E-state index contributed by atoms with van der Waals surface area (Å²) in [7, 11) is 1.62. The normalized spacial score (nSPS) is 10.6. The predicted octanol–water partition coefficient (Wildman–Crippen LogP) is 4.36. The van der Waals surface area contributed by atoms with E-state index in [2.05, 4.69) is 16.0 Å². The number of nitrogens with zero attached hydrogens (tertiary/aromatic N) is 2. The molecule has 0 spiro atoms. The van der Waals surface area contributed by atoms with Crippen LogP contribution in [0.1, 0.15) is 5.56 Å². The van der Waals surface area contributed by atoms with Gasteiger partial charge in [-0.2, -0.15) is 5.26 Å². The number of hydrogen-bond acceptors (Lipinski definition) is 4. The molecule has 0 fully saturated rings. The number of rotatable bonds is 3. The number of pyridine rings is 1. The maximum absolute atomic E-state index is 9.55. The van der Waals surface area contributed by atoms with Crippen molar-refractivity contribution in [3.8, 4) is 34.2 Å². The number of benzene rings is 2. The van der Waals surface area contributed by atoms with Crippen LogP contribution in [0.4, 0.5) is 5.82 Å². The van der Waals surface area contributed by atoms with E-state index in [1.165, 1.54) is 0 Å². The van der Waals surface area contributed by atoms with Crippen LogP contribution in [0, 0.1) is 11.3 Å². The van der Waals surface area contributed by atoms with Crippen molar-refractivity contribution in [2.24, 2.45) is 0 Å². The second-order valence-electron chi connectivity index (χ2n) is 5.90. The Morgan fingerprint density at radius 3 is 2.58 bits per heavy atom. The zero-order chi connectivity index (χ0) is 18.1. The fraction of sp³-hybridized carbons (Fsp3) is 0.0476. The minimum absolute atomic E-state index is 0.223. The van der Waals surface area contributed by atoms with Crippen molar-refractivity contribution in [1.82, 2.24) is 9.97 Å². The molecule has 126 valence electrons. The maximum Gasteiger partial charge on any atom is 0.142 e. The third kappa shape index (κ3) is 2.54. The number of methoxy groups -OCH3 is 1. The Balaban J connectivity index is 1.93. The fourth-order valence-electron chi connectivity index (χ4n) is 3.10. The minimum atomic E-state index is 0.223. The van der Waals surface area contributed by atoms with Gasteiger partial charge in [-0.25, -0.2) is 4.98 Å². The summed E-state index contributed by atoms with van der Waals surface area (Å²) in [5.74, 6) is 0.979. The van der Waals surface area contributed by atoms with Crippen LogP contribution < -0.4 is 10.5 Å². The van der Waals surface area contributed by atoms with Gasteiger partial charge in [0.2, 0.25) is 0 Å². The number of nitrogen functional groups attached to an aromatic ring is 1. The van der Waals surface area contributed by atoms with Gasteiger partial charge in [-0.3, -0.25) is 0 Å². The number of ether oxygens (including phenoxy) is 1. The first-order valence-electron chi connectivity index (χ1n) is 8.13. The number of nitrogens with two attached hydrogens (primary N) is 1. The topological polar surface area (TPSA) is 87.7 Å². The van der Waals surface area contributed by atoms with E-state index < -0.39 is 0 Å². The number of nitrogens with one attached hydrogen (secondary N) is 1. The highest BCUT2D eigenvalue weighted by molar-refractivity contribution is 5.96. The van der Waals surface area contributed by atoms with Crippen LogP contribution in [-0.2, 0) is 0 Å². The summed E-state index contributed by atoms with van der Waals surface area (Å²) in [5.41, 5.74) is 10.8. The number of fused-ring (bicyclic) bond motifs is 1. The lowest BCUT2D eigenvalue weighted by atomic mass is 9.98. The molecular formula is C21H16N4O. The first kappa shape index (κ1) is 15.7. The summed E-state index contributed by atoms with van der Waals surface area (Å²) in [6.45, 7) is 0. The van der Waals surface area contributed by atoms with Crippen LogP contribution in [0.5, 0.6) is 5.75 Å². The van der Waals surface area contributed by atoms with Gasteiger partial charge in [0.15, 0.2) is 0 Å². The van der Waals surface area contributed by atoms with Crippen LogP contribution >= 0.6 is 0 Å². The Morgan fingerprint density at radius 2 is 1.85 bits per heavy atom. The van der Waals surface area contributed by atoms with E-state index in [-0.39, 0.29) is 5.82 Å². The molecule has 4 rings (SSSR count). The molecule has 0 amide bonds. The molecule has 0 radical (unpaired) electrons. The smallest absolute Gasteiger partial charge is 0.142 e. The first-order chi connectivity index (χ1) is 12.7. The van der Waals surface area contributed by atoms with Crippen molar-refractivity contribution >= 4 is 16.7 Å². The summed E-state index contributed by atoms with van der Waals surface area (Å²) in [6.07, 6.45) is 1.91. The zero-order valence-electron chi connectivity index (χ0n) is 14.2. The molecule has 3 N–H and O–H groups in total. The van der Waals surface area contributed by atoms with E-state index in [4.69, 9.17) is 10.5 Å². The van der Waals surface area contributed by atoms with Gasteiger partial charge in [0.25, 0.3) is 0 Å². The Bertz CT molecular complexity index is 1140. The molecule has 26 heavy (non-hydrogen) atoms. The van der Waals surface area contributed by atoms with Gasteiger partial charge in [0.1, 0.15) is 23.2 Å². The highest BCUT2D eigenvalue weighted by atomic mass is 16.5. The lowest BCUT2D eigenvalue weighted by Gasteiger charge is -2.10. The molecule has 0 aliphatic carbocycles. The van der Waals surface area contributed by atoms with E-state index in [1.54, 1.807) is 7.11 Å². The molecule has 2 aromatic heterocycles. The number of nitriles is 1. The minimum Gasteiger partial charge on any atom is -0.497 e. The van der Waals surface area contributed by atoms with Crippen LogP contribution in [0.25, 0.3) is 33.3 Å². The largest absolute Gasteiger partial charge is 0.497 e. The van der Waals surface area contributed by atoms with Crippen LogP contribution in [0.3, 0.4) is 0 Å². The molecule has 0 saturated carbocycles. The van der Waals surface area contributed by atoms with Crippen molar-refractivity contribution in [2.75, 3.05) is 12.8 Å². The van der Waals surface area contributed by atoms with E-state index in [9.17, 15) is 5.26 Å². The first-order valence-corrected chi connectivity index (χ1v) is 8.13. The molecule has 2 heterocycles. The van der Waals surface area contributed by atoms with Gasteiger partial charge < -0.3 is 15.5 Å². The number of aromatic nitrogens is 2. The third-order valence-corrected chi connectivity index (χ3v) is 4.43. The summed E-state index contributed by atoms with van der Waals surface area (Å²) in [6, 6.07) is 19.6. The maximum atomic E-state index is 9.55. The third-order valence-electron chi connectivity index (χ3n) is 4.43. The summed E-state index contributed by atoms with van der Waals surface area (Å²) >= 11 is 0. The molecule has 0 atom stereocenters. The van der Waals surface area contributed by atoms with Crippen molar-refractivity contribution in [3.05, 3.63) is 66.4 Å². The van der Waals surface area contributed by atoms with Crippen LogP contribution in [-0.4, -0.2) is 17.1 Å². The summed E-state index contributed by atoms with van der Waals surface area (Å²) in [5, 5.41) is 10.6. The van der Waals surface area contributed by atoms with E-state index in [0.29, 0.717) is 5.56 Å². The second-order valence-corrected chi connectivity index (χ2v) is 5.90. The van der Waals surface area contributed by atoms with Crippen LogP contribution in [0.2, 0.25) is 0 Å². The molecule has 0 bridgehead atoms. The average Bonchev–Trinajstić information content (AvgIpc) is 3.11. The van der Waals surface area contributed by atoms with Gasteiger partial charge in [-0.05, 0) is 29.8 Å². The SMILES string of the molecule is COc1ccc(-c2cc(-c3c[nH]c4ccccc34)nc(N)c2C#N)cc1. The molecule has 0 aliphatic rings. The monoisotopic (exact) mass is 340 g/mol. The highest BCUT2D eigenvalue weighted by Gasteiger charge is 2.15. The lowest BCUT2D eigenvalue weighted by Crippen LogP contribution is -1.99. The molecule has 5 nitrogen and oxygen atoms in total. The van der Waals surface area contributed by atoms with Crippen molar-refractivity contribution in [2.45, 2.75) is 0 Å². The van der Waals surface area contributed by atoms with Gasteiger partial charge in [0.05, 0.1) is 12.8 Å². The highest BCUT2D eigenvalue weighted by Crippen LogP contribution is 2.34. The van der Waals surface area contributed by atoms with Gasteiger partial charge in [0, 0.05) is 28.2 Å². The van der Waals surface area contributed by atoms with E-state index in [1.807, 2.05) is 60.8 Å². The predicted molar refractivity (Wildman–Crippen MR) is 103 cm³/mol. The zero-order valence-corrected chi connectivity index (χ0v) is 14.2. The standard InChI is InChI=1S/C21H16N4O/c1-26-14-8-6-13(7-9-14)16-10-20(25-21(23)17(16)11-22)18-12-24-19-5-3-2-4-15(18)19/h2-10,12,24H,1H3,(H2,23,25). The number of aromatic amines is 1. The second kappa shape index (κ2) is 6.26. The molecule has 0 saturated heterocycles. The summed E-state index contributed by atoms with van der Waals surface area (Å²) in [4.78, 5) is 7.71. The number of anilines is 1. The van der Waals surface area contributed by atoms with Crippen LogP contribution in [0.15, 0.2) is 60.8 Å². The van der Waals surface area contributed by atoms with E-state index >= 15 is 0 Å². The Hall–Kier alpha value is -3.78. The molecule has 4 aromatic rings. The van der Waals surface area contributed by atoms with Crippen molar-refractivity contribution in [3.63, 3.8) is 0 Å². The fourth-order valence-corrected chi connectivity index (χ4v) is 3.10.